The third-order valence-corrected chi connectivity index (χ3v) is 4.72. The van der Waals surface area contributed by atoms with E-state index in [-0.39, 0.29) is 11.9 Å². The summed E-state index contributed by atoms with van der Waals surface area (Å²) in [5.41, 5.74) is 2.72. The molecule has 3 rings (SSSR count). The molecule has 1 amide bonds. The van der Waals surface area contributed by atoms with Crippen LogP contribution in [0.1, 0.15) is 27.5 Å². The number of nitrogens with one attached hydrogen (secondary N) is 1. The third kappa shape index (κ3) is 4.62. The first kappa shape index (κ1) is 18.4. The van der Waals surface area contributed by atoms with E-state index in [1.165, 1.54) is 0 Å². The molecule has 0 saturated carbocycles. The van der Waals surface area contributed by atoms with Crippen LogP contribution >= 0.6 is 0 Å². The second-order valence-corrected chi connectivity index (χ2v) is 6.53. The number of rotatable bonds is 6. The van der Waals surface area contributed by atoms with Crippen LogP contribution in [0, 0.1) is 6.92 Å². The smallest absolute Gasteiger partial charge is 0.251 e. The van der Waals surface area contributed by atoms with Gasteiger partial charge in [0, 0.05) is 25.2 Å². The molecule has 0 radical (unpaired) electrons. The van der Waals surface area contributed by atoms with E-state index < -0.39 is 0 Å². The van der Waals surface area contributed by atoms with E-state index in [0.717, 1.165) is 49.7 Å². The first-order chi connectivity index (χ1) is 12.7. The summed E-state index contributed by atoms with van der Waals surface area (Å²) in [6.45, 7) is 5.98. The molecule has 1 heterocycles. The lowest BCUT2D eigenvalue weighted by Crippen LogP contribution is -2.43. The minimum Gasteiger partial charge on any atom is -0.496 e. The van der Waals surface area contributed by atoms with Crippen LogP contribution in [-0.4, -0.2) is 50.8 Å². The lowest BCUT2D eigenvalue weighted by atomic mass is 10.0. The van der Waals surface area contributed by atoms with E-state index in [1.54, 1.807) is 13.2 Å². The summed E-state index contributed by atoms with van der Waals surface area (Å²) in [5, 5.41) is 3.19. The minimum atomic E-state index is -0.0922. The molecule has 1 aliphatic rings. The fraction of sp³-hybridized carbons (Fsp3) is 0.381. The quantitative estimate of drug-likeness (QED) is 0.867. The van der Waals surface area contributed by atoms with Gasteiger partial charge in [-0.25, -0.2) is 0 Å². The number of amides is 1. The first-order valence-corrected chi connectivity index (χ1v) is 8.98. The predicted octanol–water partition coefficient (Wildman–Crippen LogP) is 2.81. The molecule has 1 aliphatic heterocycles. The molecule has 1 unspecified atom stereocenters. The number of hydrogen-bond donors (Lipinski definition) is 1. The fourth-order valence-corrected chi connectivity index (χ4v) is 3.16. The van der Waals surface area contributed by atoms with Crippen LogP contribution in [0.4, 0.5) is 0 Å². The highest BCUT2D eigenvalue weighted by atomic mass is 16.5. The number of benzene rings is 2. The number of carbonyl (C=O) groups is 1. The highest BCUT2D eigenvalue weighted by Crippen LogP contribution is 2.21. The van der Waals surface area contributed by atoms with Gasteiger partial charge < -0.3 is 14.8 Å². The van der Waals surface area contributed by atoms with Crippen LogP contribution < -0.4 is 10.1 Å². The first-order valence-electron chi connectivity index (χ1n) is 8.98. The molecule has 0 spiro atoms. The van der Waals surface area contributed by atoms with E-state index in [0.29, 0.717) is 5.56 Å². The van der Waals surface area contributed by atoms with Gasteiger partial charge in [-0.2, -0.15) is 0 Å². The Balaban J connectivity index is 1.77. The van der Waals surface area contributed by atoms with Crippen molar-refractivity contribution in [3.8, 4) is 5.75 Å². The molecule has 0 aliphatic carbocycles. The van der Waals surface area contributed by atoms with Crippen molar-refractivity contribution in [3.05, 3.63) is 65.2 Å². The zero-order chi connectivity index (χ0) is 18.4. The molecule has 1 N–H and O–H groups in total. The summed E-state index contributed by atoms with van der Waals surface area (Å²) in [6.07, 6.45) is 0. The second kappa shape index (κ2) is 8.83. The van der Waals surface area contributed by atoms with Crippen molar-refractivity contribution >= 4 is 5.91 Å². The van der Waals surface area contributed by atoms with Crippen LogP contribution in [0.15, 0.2) is 48.5 Å². The van der Waals surface area contributed by atoms with E-state index >= 15 is 0 Å². The van der Waals surface area contributed by atoms with Gasteiger partial charge in [-0.15, -0.1) is 0 Å². The van der Waals surface area contributed by atoms with Gasteiger partial charge in [0.2, 0.25) is 0 Å². The predicted molar refractivity (Wildman–Crippen MR) is 102 cm³/mol. The van der Waals surface area contributed by atoms with Crippen molar-refractivity contribution in [2.45, 2.75) is 13.0 Å². The zero-order valence-corrected chi connectivity index (χ0v) is 15.4. The van der Waals surface area contributed by atoms with Gasteiger partial charge in [0.15, 0.2) is 0 Å². The van der Waals surface area contributed by atoms with Crippen LogP contribution in [0.2, 0.25) is 0 Å². The Bertz CT molecular complexity index is 727. The Hall–Kier alpha value is -2.37. The molecule has 138 valence electrons. The summed E-state index contributed by atoms with van der Waals surface area (Å²) in [4.78, 5) is 15.2. The summed E-state index contributed by atoms with van der Waals surface area (Å²) in [6, 6.07) is 15.6. The van der Waals surface area contributed by atoms with Crippen molar-refractivity contribution in [2.24, 2.45) is 0 Å². The van der Waals surface area contributed by atoms with Gasteiger partial charge in [-0.1, -0.05) is 36.4 Å². The zero-order valence-electron chi connectivity index (χ0n) is 15.4. The average Bonchev–Trinajstić information content (AvgIpc) is 2.69. The van der Waals surface area contributed by atoms with Gasteiger partial charge in [-0.3, -0.25) is 9.69 Å². The van der Waals surface area contributed by atoms with Crippen molar-refractivity contribution in [1.29, 1.82) is 0 Å². The van der Waals surface area contributed by atoms with Gasteiger partial charge in [0.25, 0.3) is 5.91 Å². The van der Waals surface area contributed by atoms with Crippen LogP contribution in [-0.2, 0) is 4.74 Å². The molecular weight excluding hydrogens is 328 g/mol. The summed E-state index contributed by atoms with van der Waals surface area (Å²) >= 11 is 0. The summed E-state index contributed by atoms with van der Waals surface area (Å²) in [5.74, 6) is 0.632. The Morgan fingerprint density at radius 1 is 1.19 bits per heavy atom. The molecule has 1 saturated heterocycles. The topological polar surface area (TPSA) is 50.8 Å². The number of ether oxygens (including phenoxy) is 2. The molecule has 5 heteroatoms. The standard InChI is InChI=1S/C21H26N2O3/c1-16-8-9-18(14-20(16)25-2)21(24)22-19(17-6-4-3-5-7-17)15-23-10-12-26-13-11-23/h3-9,14,19H,10-13,15H2,1-2H3,(H,22,24). The number of morpholine rings is 1. The summed E-state index contributed by atoms with van der Waals surface area (Å²) < 4.78 is 10.8. The van der Waals surface area contributed by atoms with Crippen molar-refractivity contribution < 1.29 is 14.3 Å². The maximum Gasteiger partial charge on any atom is 0.251 e. The fourth-order valence-electron chi connectivity index (χ4n) is 3.16. The Labute approximate surface area is 154 Å². The lowest BCUT2D eigenvalue weighted by Gasteiger charge is -2.31. The Morgan fingerprint density at radius 2 is 1.92 bits per heavy atom. The largest absolute Gasteiger partial charge is 0.496 e. The Kier molecular flexibility index (Phi) is 6.26. The van der Waals surface area contributed by atoms with Crippen LogP contribution in [0.5, 0.6) is 5.75 Å². The molecule has 26 heavy (non-hydrogen) atoms. The number of nitrogens with zero attached hydrogens (tertiary/aromatic N) is 1. The number of methoxy groups -OCH3 is 1. The highest BCUT2D eigenvalue weighted by Gasteiger charge is 2.21. The Morgan fingerprint density at radius 3 is 2.62 bits per heavy atom. The van der Waals surface area contributed by atoms with E-state index in [4.69, 9.17) is 9.47 Å². The van der Waals surface area contributed by atoms with E-state index in [1.807, 2.05) is 37.3 Å². The monoisotopic (exact) mass is 354 g/mol. The minimum absolute atomic E-state index is 0.0749. The molecule has 2 aromatic carbocycles. The maximum atomic E-state index is 12.8. The molecule has 1 atom stereocenters. The SMILES string of the molecule is COc1cc(C(=O)NC(CN2CCOCC2)c2ccccc2)ccc1C. The normalized spacial score (nSPS) is 16.1. The molecular formula is C21H26N2O3. The number of aryl methyl sites for hydroxylation is 1. The number of hydrogen-bond acceptors (Lipinski definition) is 4. The number of carbonyl (C=O) groups excluding carboxylic acids is 1. The van der Waals surface area contributed by atoms with Gasteiger partial charge >= 0.3 is 0 Å². The second-order valence-electron chi connectivity index (χ2n) is 6.53. The van der Waals surface area contributed by atoms with E-state index in [9.17, 15) is 4.79 Å². The van der Waals surface area contributed by atoms with Gasteiger partial charge in [0.05, 0.1) is 26.4 Å². The van der Waals surface area contributed by atoms with E-state index in [2.05, 4.69) is 22.3 Å². The molecule has 0 aromatic heterocycles. The lowest BCUT2D eigenvalue weighted by molar-refractivity contribution is 0.0332. The average molecular weight is 354 g/mol. The third-order valence-electron chi connectivity index (χ3n) is 4.72. The summed E-state index contributed by atoms with van der Waals surface area (Å²) in [7, 11) is 1.62. The van der Waals surface area contributed by atoms with Crippen LogP contribution in [0.25, 0.3) is 0 Å². The van der Waals surface area contributed by atoms with Crippen molar-refractivity contribution in [3.63, 3.8) is 0 Å². The van der Waals surface area contributed by atoms with Crippen molar-refractivity contribution in [1.82, 2.24) is 10.2 Å². The van der Waals surface area contributed by atoms with Crippen LogP contribution in [0.3, 0.4) is 0 Å². The van der Waals surface area contributed by atoms with Gasteiger partial charge in [0.1, 0.15) is 5.75 Å². The molecule has 0 bridgehead atoms. The molecule has 1 fully saturated rings. The van der Waals surface area contributed by atoms with Crippen molar-refractivity contribution in [2.75, 3.05) is 40.0 Å². The molecule has 5 nitrogen and oxygen atoms in total. The molecule has 2 aromatic rings. The maximum absolute atomic E-state index is 12.8. The van der Waals surface area contributed by atoms with Gasteiger partial charge in [-0.05, 0) is 30.2 Å². The highest BCUT2D eigenvalue weighted by molar-refractivity contribution is 5.95.